The van der Waals surface area contributed by atoms with Gasteiger partial charge in [-0.1, -0.05) is 23.9 Å². The molecule has 0 fully saturated rings. The average Bonchev–Trinajstić information content (AvgIpc) is 2.93. The minimum atomic E-state index is -0.251. The summed E-state index contributed by atoms with van der Waals surface area (Å²) in [6.07, 6.45) is 1.51. The second-order valence-electron chi connectivity index (χ2n) is 4.40. The maximum absolute atomic E-state index is 13.0. The lowest BCUT2D eigenvalue weighted by molar-refractivity contribution is 0.628. The van der Waals surface area contributed by atoms with Crippen LogP contribution in [0.25, 0.3) is 20.7 Å². The Labute approximate surface area is 129 Å². The van der Waals surface area contributed by atoms with Gasteiger partial charge in [-0.3, -0.25) is 0 Å². The van der Waals surface area contributed by atoms with Gasteiger partial charge in [0, 0.05) is 4.88 Å². The smallest absolute Gasteiger partial charge is 0.123 e. The summed E-state index contributed by atoms with van der Waals surface area (Å²) in [4.78, 5) is 9.55. The highest BCUT2D eigenvalue weighted by Crippen LogP contribution is 2.37. The number of rotatable bonds is 3. The molecule has 3 aromatic rings. The largest absolute Gasteiger partial charge is 0.235 e. The SMILES string of the molecule is C[C@H](C#N)Sc1ncnc2cc(-c3ccc(F)cc3)sc12. The van der Waals surface area contributed by atoms with E-state index in [1.54, 1.807) is 23.5 Å². The Bertz CT molecular complexity index is 821. The number of nitrogens with zero attached hydrogens (tertiary/aromatic N) is 3. The van der Waals surface area contributed by atoms with Crippen LogP contribution in [0.5, 0.6) is 0 Å². The molecular formula is C15H10FN3S2. The van der Waals surface area contributed by atoms with E-state index in [1.165, 1.54) is 30.2 Å². The molecule has 1 aromatic carbocycles. The molecule has 0 spiro atoms. The Morgan fingerprint density at radius 1 is 1.29 bits per heavy atom. The van der Waals surface area contributed by atoms with Gasteiger partial charge in [0.15, 0.2) is 0 Å². The van der Waals surface area contributed by atoms with Crippen LogP contribution in [0, 0.1) is 17.1 Å². The van der Waals surface area contributed by atoms with E-state index in [-0.39, 0.29) is 11.1 Å². The standard InChI is InChI=1S/C15H10FN3S2/c1-9(7-17)20-15-14-12(18-8-19-15)6-13(21-14)10-2-4-11(16)5-3-10/h2-6,8-9H,1H3/t9-/m1/s1. The number of hydrogen-bond acceptors (Lipinski definition) is 5. The number of hydrogen-bond donors (Lipinski definition) is 0. The van der Waals surface area contributed by atoms with Gasteiger partial charge in [0.1, 0.15) is 17.2 Å². The summed E-state index contributed by atoms with van der Waals surface area (Å²) < 4.78 is 14.0. The molecule has 0 unspecified atom stereocenters. The van der Waals surface area contributed by atoms with Gasteiger partial charge in [-0.05, 0) is 30.7 Å². The monoisotopic (exact) mass is 315 g/mol. The van der Waals surface area contributed by atoms with Gasteiger partial charge in [0.2, 0.25) is 0 Å². The normalized spacial score (nSPS) is 12.2. The number of nitriles is 1. The minimum absolute atomic E-state index is 0.167. The van der Waals surface area contributed by atoms with Crippen LogP contribution in [0.2, 0.25) is 0 Å². The van der Waals surface area contributed by atoms with Crippen LogP contribution in [-0.4, -0.2) is 15.2 Å². The Balaban J connectivity index is 2.06. The molecule has 0 radical (unpaired) electrons. The summed E-state index contributed by atoms with van der Waals surface area (Å²) in [5, 5.41) is 9.58. The Morgan fingerprint density at radius 3 is 2.76 bits per heavy atom. The molecule has 0 bridgehead atoms. The fraction of sp³-hybridized carbons (Fsp3) is 0.133. The number of thiophene rings is 1. The van der Waals surface area contributed by atoms with Crippen molar-refractivity contribution in [1.29, 1.82) is 5.26 Å². The van der Waals surface area contributed by atoms with Crippen molar-refractivity contribution in [2.24, 2.45) is 0 Å². The van der Waals surface area contributed by atoms with Crippen LogP contribution < -0.4 is 0 Å². The highest BCUT2D eigenvalue weighted by Gasteiger charge is 2.13. The van der Waals surface area contributed by atoms with Crippen molar-refractivity contribution in [2.45, 2.75) is 17.2 Å². The van der Waals surface area contributed by atoms with Crippen LogP contribution in [0.3, 0.4) is 0 Å². The molecule has 21 heavy (non-hydrogen) atoms. The molecule has 0 saturated heterocycles. The molecule has 0 amide bonds. The van der Waals surface area contributed by atoms with Crippen molar-refractivity contribution in [3.05, 3.63) is 42.5 Å². The molecule has 3 rings (SSSR count). The van der Waals surface area contributed by atoms with Crippen LogP contribution in [0.4, 0.5) is 4.39 Å². The molecular weight excluding hydrogens is 305 g/mol. The lowest BCUT2D eigenvalue weighted by Crippen LogP contribution is -1.92. The van der Waals surface area contributed by atoms with E-state index in [0.29, 0.717) is 0 Å². The summed E-state index contributed by atoms with van der Waals surface area (Å²) in [6.45, 7) is 1.84. The average molecular weight is 315 g/mol. The fourth-order valence-electron chi connectivity index (χ4n) is 1.87. The lowest BCUT2D eigenvalue weighted by Gasteiger charge is -2.01. The fourth-order valence-corrected chi connectivity index (χ4v) is 3.84. The minimum Gasteiger partial charge on any atom is -0.235 e. The van der Waals surface area contributed by atoms with Crippen LogP contribution in [-0.2, 0) is 0 Å². The molecule has 3 nitrogen and oxygen atoms in total. The molecule has 0 aliphatic rings. The zero-order valence-electron chi connectivity index (χ0n) is 11.1. The van der Waals surface area contributed by atoms with E-state index in [4.69, 9.17) is 5.26 Å². The van der Waals surface area contributed by atoms with Crippen molar-refractivity contribution in [1.82, 2.24) is 9.97 Å². The van der Waals surface area contributed by atoms with Gasteiger partial charge in [0.25, 0.3) is 0 Å². The summed E-state index contributed by atoms with van der Waals surface area (Å²) >= 11 is 2.98. The Morgan fingerprint density at radius 2 is 2.05 bits per heavy atom. The summed E-state index contributed by atoms with van der Waals surface area (Å²) in [7, 11) is 0. The first-order valence-corrected chi connectivity index (χ1v) is 7.94. The van der Waals surface area contributed by atoms with Crippen molar-refractivity contribution in [3.63, 3.8) is 0 Å². The second kappa shape index (κ2) is 5.80. The molecule has 0 aliphatic heterocycles. The third-order valence-electron chi connectivity index (χ3n) is 2.88. The van der Waals surface area contributed by atoms with Crippen LogP contribution in [0.1, 0.15) is 6.92 Å². The van der Waals surface area contributed by atoms with E-state index < -0.39 is 0 Å². The van der Waals surface area contributed by atoms with Gasteiger partial charge in [-0.15, -0.1) is 11.3 Å². The van der Waals surface area contributed by atoms with Gasteiger partial charge in [-0.2, -0.15) is 5.26 Å². The number of benzene rings is 1. The van der Waals surface area contributed by atoms with Crippen LogP contribution in [0.15, 0.2) is 41.7 Å². The van der Waals surface area contributed by atoms with Crippen molar-refractivity contribution in [3.8, 4) is 16.5 Å². The quantitative estimate of drug-likeness (QED) is 0.527. The third kappa shape index (κ3) is 2.89. The van der Waals surface area contributed by atoms with Gasteiger partial charge in [-0.25, -0.2) is 14.4 Å². The van der Waals surface area contributed by atoms with E-state index in [9.17, 15) is 4.39 Å². The topological polar surface area (TPSA) is 49.6 Å². The molecule has 6 heteroatoms. The van der Waals surface area contributed by atoms with Crippen molar-refractivity contribution >= 4 is 33.3 Å². The van der Waals surface area contributed by atoms with E-state index >= 15 is 0 Å². The molecule has 0 N–H and O–H groups in total. The maximum atomic E-state index is 13.0. The Kier molecular flexibility index (Phi) is 3.86. The van der Waals surface area contributed by atoms with E-state index in [2.05, 4.69) is 16.0 Å². The van der Waals surface area contributed by atoms with Gasteiger partial charge >= 0.3 is 0 Å². The first kappa shape index (κ1) is 14.0. The third-order valence-corrected chi connectivity index (χ3v) is 5.18. The number of fused-ring (bicyclic) bond motifs is 1. The second-order valence-corrected chi connectivity index (χ2v) is 6.78. The van der Waals surface area contributed by atoms with Crippen molar-refractivity contribution in [2.75, 3.05) is 0 Å². The zero-order chi connectivity index (χ0) is 14.8. The molecule has 1 atom stereocenters. The molecule has 2 heterocycles. The summed E-state index contributed by atoms with van der Waals surface area (Å²) in [5.74, 6) is -0.251. The van der Waals surface area contributed by atoms with Gasteiger partial charge in [0.05, 0.1) is 21.5 Å². The van der Waals surface area contributed by atoms with Crippen LogP contribution >= 0.6 is 23.1 Å². The zero-order valence-corrected chi connectivity index (χ0v) is 12.7. The highest BCUT2D eigenvalue weighted by atomic mass is 32.2. The number of halogens is 1. The first-order chi connectivity index (χ1) is 10.2. The predicted octanol–water partition coefficient (Wildman–Crippen LogP) is 4.50. The summed E-state index contributed by atoms with van der Waals surface area (Å²) in [5.41, 5.74) is 1.80. The Hall–Kier alpha value is -1.97. The summed E-state index contributed by atoms with van der Waals surface area (Å²) in [6, 6.07) is 10.5. The number of thioether (sulfide) groups is 1. The maximum Gasteiger partial charge on any atom is 0.123 e. The van der Waals surface area contributed by atoms with E-state index in [0.717, 1.165) is 25.7 Å². The van der Waals surface area contributed by atoms with E-state index in [1.807, 2.05) is 13.0 Å². The molecule has 104 valence electrons. The van der Waals surface area contributed by atoms with Crippen molar-refractivity contribution < 1.29 is 4.39 Å². The number of aromatic nitrogens is 2. The first-order valence-electron chi connectivity index (χ1n) is 6.24. The highest BCUT2D eigenvalue weighted by molar-refractivity contribution is 8.00. The molecule has 0 saturated carbocycles. The lowest BCUT2D eigenvalue weighted by atomic mass is 10.2. The molecule has 2 aromatic heterocycles. The van der Waals surface area contributed by atoms with Gasteiger partial charge < -0.3 is 0 Å². The molecule has 0 aliphatic carbocycles. The predicted molar refractivity (Wildman–Crippen MR) is 83.7 cm³/mol.